The van der Waals surface area contributed by atoms with Gasteiger partial charge in [0.15, 0.2) is 0 Å². The number of aromatic carboxylic acids is 1. The van der Waals surface area contributed by atoms with Crippen LogP contribution in [0.25, 0.3) is 21.9 Å². The van der Waals surface area contributed by atoms with Crippen LogP contribution in [0.4, 0.5) is 16.2 Å². The third kappa shape index (κ3) is 15.7. The Bertz CT molecular complexity index is 2720. The Kier molecular flexibility index (Phi) is 20.8. The van der Waals surface area contributed by atoms with Crippen molar-refractivity contribution < 1.29 is 43.8 Å². The van der Waals surface area contributed by atoms with Crippen LogP contribution in [-0.2, 0) is 27.5 Å². The standard InChI is InChI=1S/C31H34ClN5O2.C11H14ClNO2.C11H16ClN.Li.H2O/c1-20-27(17-28(31(2,3)4)36-29(20)32)35-30(38)34-26-12-11-23(24-7-5-6-8-25(24)26)21-9-10-22(33-18-21)19-37-13-15-39-16-14-37;1-6-7(10(14)15)5-8(11(2,3)4)13-9(6)12;1-7-6-9(11(3,4)5)13-10(12)8(7)2;;/h5-12,17-18H,13-16,19H2,1-4H3,(H2,34,35,36,38);5H,1-4H3,(H,14,15);6H,1-5H3;;1H2/q;;;+1;/p-1. The number of rotatable bonds is 6. The van der Waals surface area contributed by atoms with Gasteiger partial charge in [-0.2, -0.15) is 0 Å². The number of morpholine rings is 1. The molecule has 6 aromatic rings. The molecule has 0 unspecified atom stereocenters. The number of benzene rings is 2. The summed E-state index contributed by atoms with van der Waals surface area (Å²) in [5.74, 6) is -0.970. The average molecular weight is 993 g/mol. The van der Waals surface area contributed by atoms with Crippen LogP contribution >= 0.6 is 34.8 Å². The number of carboxylic acid groups (broad SMARTS) is 1. The van der Waals surface area contributed by atoms with Crippen molar-refractivity contribution in [2.75, 3.05) is 36.9 Å². The summed E-state index contributed by atoms with van der Waals surface area (Å²) >= 11 is 18.3. The van der Waals surface area contributed by atoms with E-state index in [9.17, 15) is 9.59 Å². The molecule has 1 aliphatic rings. The number of ether oxygens (including phenoxy) is 1. The molecule has 0 aliphatic carbocycles. The van der Waals surface area contributed by atoms with Crippen LogP contribution in [0.15, 0.2) is 72.9 Å². The number of halogens is 3. The first-order chi connectivity index (χ1) is 31.2. The summed E-state index contributed by atoms with van der Waals surface area (Å²) in [5.41, 5.74) is 10.5. The Hall–Kier alpha value is -4.61. The smallest absolute Gasteiger partial charge is 0.870 e. The number of nitrogens with zero attached hydrogens (tertiary/aromatic N) is 5. The molecule has 0 bridgehead atoms. The molecule has 1 fully saturated rings. The number of nitrogens with one attached hydrogen (secondary N) is 2. The number of hydrogen-bond acceptors (Lipinski definition) is 9. The molecule has 0 spiro atoms. The van der Waals surface area contributed by atoms with Gasteiger partial charge in [0.05, 0.1) is 35.8 Å². The molecule has 4 aromatic heterocycles. The fourth-order valence-corrected chi connectivity index (χ4v) is 7.59. The van der Waals surface area contributed by atoms with E-state index in [0.717, 1.165) is 88.6 Å². The van der Waals surface area contributed by atoms with Crippen LogP contribution in [0.3, 0.4) is 0 Å². The van der Waals surface area contributed by atoms with E-state index in [0.29, 0.717) is 27.3 Å². The number of carboxylic acids is 1. The summed E-state index contributed by atoms with van der Waals surface area (Å²) in [6, 6.07) is 21.5. The van der Waals surface area contributed by atoms with Crippen molar-refractivity contribution in [3.63, 3.8) is 0 Å². The number of fused-ring (bicyclic) bond motifs is 1. The number of aryl methyl sites for hydroxylation is 1. The molecule has 0 saturated carbocycles. The summed E-state index contributed by atoms with van der Waals surface area (Å²) in [7, 11) is 0. The summed E-state index contributed by atoms with van der Waals surface area (Å²) in [5, 5.41) is 18.3. The first-order valence-corrected chi connectivity index (χ1v) is 23.5. The van der Waals surface area contributed by atoms with Gasteiger partial charge in [-0.3, -0.25) is 9.88 Å². The number of urea groups is 1. The molecule has 364 valence electrons. The molecule has 1 aliphatic heterocycles. The average Bonchev–Trinajstić information content (AvgIpc) is 3.25. The maximum atomic E-state index is 13.1. The Morgan fingerprint density at radius 2 is 1.17 bits per heavy atom. The Balaban J connectivity index is 0.000000345. The van der Waals surface area contributed by atoms with Gasteiger partial charge >= 0.3 is 30.9 Å². The van der Waals surface area contributed by atoms with Crippen LogP contribution in [0.5, 0.6) is 0 Å². The minimum absolute atomic E-state index is 0. The summed E-state index contributed by atoms with van der Waals surface area (Å²) < 4.78 is 5.45. The quantitative estimate of drug-likeness (QED) is 0.108. The molecule has 0 radical (unpaired) electrons. The molecule has 5 heterocycles. The maximum absolute atomic E-state index is 13.1. The fourth-order valence-electron chi connectivity index (χ4n) is 6.96. The molecule has 12 nitrogen and oxygen atoms in total. The largest absolute Gasteiger partial charge is 1.00 e. The van der Waals surface area contributed by atoms with Gasteiger partial charge in [-0.25, -0.2) is 24.5 Å². The van der Waals surface area contributed by atoms with Crippen molar-refractivity contribution in [3.05, 3.63) is 139 Å². The van der Waals surface area contributed by atoms with Crippen LogP contribution in [0.2, 0.25) is 15.5 Å². The van der Waals surface area contributed by atoms with Crippen LogP contribution in [0, 0.1) is 27.7 Å². The molecular formula is C53H65Cl3LiN7O5. The predicted molar refractivity (Wildman–Crippen MR) is 278 cm³/mol. The molecule has 2 amide bonds. The zero-order valence-corrected chi connectivity index (χ0v) is 44.7. The number of carbonyl (C=O) groups excluding carboxylic acids is 1. The molecular weight excluding hydrogens is 928 g/mol. The number of amides is 2. The summed E-state index contributed by atoms with van der Waals surface area (Å²) in [6.45, 7) is 30.3. The molecule has 2 aromatic carbocycles. The number of aromatic nitrogens is 4. The minimum atomic E-state index is -0.970. The van der Waals surface area contributed by atoms with E-state index in [1.807, 2.05) is 77.2 Å². The van der Waals surface area contributed by atoms with Gasteiger partial charge < -0.3 is 26.0 Å². The topological polar surface area (TPSA) is 172 Å². The van der Waals surface area contributed by atoms with E-state index in [-0.39, 0.29) is 57.3 Å². The normalized spacial score (nSPS) is 12.9. The number of anilines is 2. The zero-order valence-electron chi connectivity index (χ0n) is 42.5. The minimum Gasteiger partial charge on any atom is -0.870 e. The maximum Gasteiger partial charge on any atom is 1.00 e. The zero-order chi connectivity index (χ0) is 49.6. The van der Waals surface area contributed by atoms with Crippen molar-refractivity contribution in [2.24, 2.45) is 0 Å². The third-order valence-electron chi connectivity index (χ3n) is 11.5. The van der Waals surface area contributed by atoms with E-state index in [1.54, 1.807) is 13.0 Å². The molecule has 1 saturated heterocycles. The second kappa shape index (κ2) is 24.5. The van der Waals surface area contributed by atoms with Crippen molar-refractivity contribution in [2.45, 2.75) is 113 Å². The molecule has 16 heteroatoms. The van der Waals surface area contributed by atoms with Gasteiger partial charge in [0.25, 0.3) is 0 Å². The molecule has 7 rings (SSSR count). The summed E-state index contributed by atoms with van der Waals surface area (Å²) in [6.07, 6.45) is 1.93. The van der Waals surface area contributed by atoms with E-state index in [2.05, 4.69) is 103 Å². The van der Waals surface area contributed by atoms with E-state index < -0.39 is 5.97 Å². The van der Waals surface area contributed by atoms with Crippen LogP contribution in [-0.4, -0.2) is 73.7 Å². The van der Waals surface area contributed by atoms with Gasteiger partial charge in [-0.1, -0.05) is 134 Å². The second-order valence-corrected chi connectivity index (χ2v) is 21.0. The first kappa shape index (κ1) is 58.7. The molecule has 0 atom stereocenters. The SMILES string of the molecule is Cc1c(C(=O)O)cc(C(C)(C)C)nc1Cl.Cc1c(NC(=O)Nc2ccc(-c3ccc(CN4CCOCC4)nc3)c3ccccc23)cc(C(C)(C)C)nc1Cl.Cc1cc(C(C)(C)C)nc(Cl)c1C.[Li+].[OH-]. The Morgan fingerprint density at radius 1 is 0.667 bits per heavy atom. The van der Waals surface area contributed by atoms with Crippen molar-refractivity contribution in [1.29, 1.82) is 0 Å². The van der Waals surface area contributed by atoms with E-state index in [1.165, 1.54) is 5.56 Å². The van der Waals surface area contributed by atoms with Crippen molar-refractivity contribution in [3.8, 4) is 11.1 Å². The Labute approximate surface area is 434 Å². The van der Waals surface area contributed by atoms with Crippen molar-refractivity contribution >= 4 is 69.0 Å². The third-order valence-corrected chi connectivity index (χ3v) is 12.6. The first-order valence-electron chi connectivity index (χ1n) is 22.3. The number of carbonyl (C=O) groups is 2. The van der Waals surface area contributed by atoms with Gasteiger partial charge in [0.1, 0.15) is 15.5 Å². The summed E-state index contributed by atoms with van der Waals surface area (Å²) in [4.78, 5) is 44.2. The van der Waals surface area contributed by atoms with E-state index >= 15 is 0 Å². The Morgan fingerprint density at radius 3 is 1.70 bits per heavy atom. The predicted octanol–water partition coefficient (Wildman–Crippen LogP) is 10.5. The van der Waals surface area contributed by atoms with Gasteiger partial charge in [0.2, 0.25) is 0 Å². The number of hydrogen-bond donors (Lipinski definition) is 3. The van der Waals surface area contributed by atoms with Crippen LogP contribution < -0.4 is 29.5 Å². The molecule has 4 N–H and O–H groups in total. The van der Waals surface area contributed by atoms with Gasteiger partial charge in [-0.15, -0.1) is 0 Å². The van der Waals surface area contributed by atoms with E-state index in [4.69, 9.17) is 49.6 Å². The monoisotopic (exact) mass is 991 g/mol. The molecule has 69 heavy (non-hydrogen) atoms. The van der Waals surface area contributed by atoms with Gasteiger partial charge in [0, 0.05) is 81.2 Å². The van der Waals surface area contributed by atoms with Crippen LogP contribution in [0.1, 0.15) is 118 Å². The van der Waals surface area contributed by atoms with Gasteiger partial charge in [-0.05, 0) is 80.1 Å². The second-order valence-electron chi connectivity index (χ2n) is 19.9. The fraction of sp³-hybridized carbons (Fsp3) is 0.396. The van der Waals surface area contributed by atoms with Crippen molar-refractivity contribution in [1.82, 2.24) is 24.8 Å². The number of pyridine rings is 4.